The lowest BCUT2D eigenvalue weighted by atomic mass is 9.79. The van der Waals surface area contributed by atoms with Crippen LogP contribution in [0.3, 0.4) is 0 Å². The zero-order chi connectivity index (χ0) is 16.7. The molecular formula is C18H26N2O3S. The van der Waals surface area contributed by atoms with Crippen molar-refractivity contribution in [3.05, 3.63) is 16.1 Å². The summed E-state index contributed by atoms with van der Waals surface area (Å²) >= 11 is 1.44. The Kier molecular flexibility index (Phi) is 4.39. The molecule has 1 aromatic rings. The first-order chi connectivity index (χ1) is 11.6. The van der Waals surface area contributed by atoms with E-state index in [1.165, 1.54) is 24.2 Å². The Morgan fingerprint density at radius 3 is 2.92 bits per heavy atom. The largest absolute Gasteiger partial charge is 0.378 e. The second-order valence-corrected chi connectivity index (χ2v) is 8.33. The van der Waals surface area contributed by atoms with Gasteiger partial charge in [-0.1, -0.05) is 0 Å². The van der Waals surface area contributed by atoms with Gasteiger partial charge in [0.1, 0.15) is 4.88 Å². The fourth-order valence-electron chi connectivity index (χ4n) is 4.25. The van der Waals surface area contributed by atoms with Gasteiger partial charge in [-0.25, -0.2) is 4.98 Å². The Morgan fingerprint density at radius 2 is 2.25 bits per heavy atom. The van der Waals surface area contributed by atoms with Crippen LogP contribution in [-0.4, -0.2) is 53.8 Å². The molecule has 0 radical (unpaired) electrons. The summed E-state index contributed by atoms with van der Waals surface area (Å²) in [7, 11) is 1.80. The Hall–Kier alpha value is -0.980. The van der Waals surface area contributed by atoms with Gasteiger partial charge in [0.05, 0.1) is 29.0 Å². The van der Waals surface area contributed by atoms with Gasteiger partial charge < -0.3 is 14.4 Å². The van der Waals surface area contributed by atoms with Gasteiger partial charge in [0.25, 0.3) is 5.91 Å². The summed E-state index contributed by atoms with van der Waals surface area (Å²) in [6.45, 7) is 3.56. The third-order valence-corrected chi connectivity index (χ3v) is 6.92. The molecule has 2 saturated carbocycles. The van der Waals surface area contributed by atoms with Crippen molar-refractivity contribution in [1.29, 1.82) is 0 Å². The third-order valence-electron chi connectivity index (χ3n) is 6.01. The zero-order valence-corrected chi connectivity index (χ0v) is 15.3. The maximum absolute atomic E-state index is 13.0. The monoisotopic (exact) mass is 350 g/mol. The van der Waals surface area contributed by atoms with Crippen molar-refractivity contribution in [3.8, 4) is 0 Å². The van der Waals surface area contributed by atoms with E-state index in [1.807, 2.05) is 11.8 Å². The molecule has 132 valence electrons. The highest BCUT2D eigenvalue weighted by Crippen LogP contribution is 2.44. The van der Waals surface area contributed by atoms with Crippen molar-refractivity contribution in [2.75, 3.05) is 20.3 Å². The molecule has 6 heteroatoms. The van der Waals surface area contributed by atoms with Gasteiger partial charge >= 0.3 is 0 Å². The molecule has 2 aliphatic carbocycles. The molecule has 0 spiro atoms. The van der Waals surface area contributed by atoms with Crippen molar-refractivity contribution >= 4 is 17.2 Å². The molecule has 3 fully saturated rings. The van der Waals surface area contributed by atoms with Gasteiger partial charge in [0.2, 0.25) is 0 Å². The standard InChI is InChI=1S/C18H26N2O3S/c1-12-16(24-11-19-12)17(21)20-8-7-18(22-2)6-5-14(9-15(18)20)23-10-13-3-4-13/h11,13-15H,3-10H2,1-2H3/t14-,15-,18+/m0/s1. The van der Waals surface area contributed by atoms with Crippen LogP contribution in [0.1, 0.15) is 53.9 Å². The Bertz CT molecular complexity index is 615. The zero-order valence-electron chi connectivity index (χ0n) is 14.5. The smallest absolute Gasteiger partial charge is 0.266 e. The minimum atomic E-state index is -0.187. The number of aryl methyl sites for hydroxylation is 1. The average Bonchev–Trinajstić information content (AvgIpc) is 3.21. The highest BCUT2D eigenvalue weighted by molar-refractivity contribution is 7.11. The first kappa shape index (κ1) is 16.5. The summed E-state index contributed by atoms with van der Waals surface area (Å²) in [4.78, 5) is 20.1. The number of ether oxygens (including phenoxy) is 2. The molecule has 1 aliphatic heterocycles. The molecule has 0 unspecified atom stereocenters. The molecule has 1 aromatic heterocycles. The number of fused-ring (bicyclic) bond motifs is 1. The predicted octanol–water partition coefficient (Wildman–Crippen LogP) is 3.03. The molecular weight excluding hydrogens is 324 g/mol. The molecule has 3 atom stereocenters. The van der Waals surface area contributed by atoms with Gasteiger partial charge in [-0.3, -0.25) is 4.79 Å². The molecule has 2 heterocycles. The van der Waals surface area contributed by atoms with Crippen molar-refractivity contribution in [1.82, 2.24) is 9.88 Å². The van der Waals surface area contributed by atoms with Gasteiger partial charge in [0.15, 0.2) is 0 Å². The van der Waals surface area contributed by atoms with Gasteiger partial charge in [-0.15, -0.1) is 11.3 Å². The Labute approximate surface area is 147 Å². The van der Waals surface area contributed by atoms with Crippen LogP contribution in [0.25, 0.3) is 0 Å². The van der Waals surface area contributed by atoms with E-state index >= 15 is 0 Å². The number of aromatic nitrogens is 1. The van der Waals surface area contributed by atoms with Crippen molar-refractivity contribution < 1.29 is 14.3 Å². The summed E-state index contributed by atoms with van der Waals surface area (Å²) in [6.07, 6.45) is 6.72. The number of thiazole rings is 1. The molecule has 3 aliphatic rings. The maximum atomic E-state index is 13.0. The Morgan fingerprint density at radius 1 is 1.42 bits per heavy atom. The number of likely N-dealkylation sites (tertiary alicyclic amines) is 1. The van der Waals surface area contributed by atoms with E-state index < -0.39 is 0 Å². The number of hydrogen-bond donors (Lipinski definition) is 0. The quantitative estimate of drug-likeness (QED) is 0.819. The maximum Gasteiger partial charge on any atom is 0.266 e. The van der Waals surface area contributed by atoms with Gasteiger partial charge in [0, 0.05) is 20.3 Å². The fourth-order valence-corrected chi connectivity index (χ4v) is 5.01. The van der Waals surface area contributed by atoms with E-state index in [9.17, 15) is 4.79 Å². The normalized spacial score (nSPS) is 32.8. The van der Waals surface area contributed by atoms with Crippen LogP contribution in [0.5, 0.6) is 0 Å². The average molecular weight is 350 g/mol. The number of nitrogens with zero attached hydrogens (tertiary/aromatic N) is 2. The second kappa shape index (κ2) is 6.39. The van der Waals surface area contributed by atoms with Crippen LogP contribution in [0.15, 0.2) is 5.51 Å². The molecule has 0 N–H and O–H groups in total. The number of rotatable bonds is 5. The first-order valence-corrected chi connectivity index (χ1v) is 9.89. The van der Waals surface area contributed by atoms with E-state index in [-0.39, 0.29) is 23.7 Å². The molecule has 4 rings (SSSR count). The van der Waals surface area contributed by atoms with Crippen molar-refractivity contribution in [2.24, 2.45) is 5.92 Å². The van der Waals surface area contributed by atoms with Crippen LogP contribution >= 0.6 is 11.3 Å². The lowest BCUT2D eigenvalue weighted by Crippen LogP contribution is -2.53. The minimum absolute atomic E-state index is 0.113. The summed E-state index contributed by atoms with van der Waals surface area (Å²) in [5.41, 5.74) is 2.40. The SMILES string of the molecule is CO[C@@]12CC[C@H](OCC3CC3)C[C@@H]1N(C(=O)c1scnc1C)CC2. The van der Waals surface area contributed by atoms with E-state index in [0.29, 0.717) is 0 Å². The number of amides is 1. The fraction of sp³-hybridized carbons (Fsp3) is 0.778. The van der Waals surface area contributed by atoms with Crippen molar-refractivity contribution in [2.45, 2.75) is 63.2 Å². The number of carbonyl (C=O) groups excluding carboxylic acids is 1. The lowest BCUT2D eigenvalue weighted by molar-refractivity contribution is -0.0977. The van der Waals surface area contributed by atoms with Crippen molar-refractivity contribution in [3.63, 3.8) is 0 Å². The van der Waals surface area contributed by atoms with Gasteiger partial charge in [-0.05, 0) is 51.4 Å². The van der Waals surface area contributed by atoms with Crippen LogP contribution < -0.4 is 0 Å². The number of methoxy groups -OCH3 is 1. The predicted molar refractivity (Wildman–Crippen MR) is 92.3 cm³/mol. The number of hydrogen-bond acceptors (Lipinski definition) is 5. The van der Waals surface area contributed by atoms with Gasteiger partial charge in [-0.2, -0.15) is 0 Å². The summed E-state index contributed by atoms with van der Waals surface area (Å²) in [5, 5.41) is 0. The molecule has 0 aromatic carbocycles. The summed E-state index contributed by atoms with van der Waals surface area (Å²) < 4.78 is 12.1. The molecule has 24 heavy (non-hydrogen) atoms. The molecule has 1 saturated heterocycles. The topological polar surface area (TPSA) is 51.7 Å². The molecule has 0 bridgehead atoms. The lowest BCUT2D eigenvalue weighted by Gasteiger charge is -2.43. The second-order valence-electron chi connectivity index (χ2n) is 7.47. The first-order valence-electron chi connectivity index (χ1n) is 9.01. The molecule has 5 nitrogen and oxygen atoms in total. The number of carbonyl (C=O) groups is 1. The minimum Gasteiger partial charge on any atom is -0.378 e. The third kappa shape index (κ3) is 2.89. The van der Waals surface area contributed by atoms with Crippen LogP contribution in [-0.2, 0) is 9.47 Å². The Balaban J connectivity index is 1.50. The highest BCUT2D eigenvalue weighted by atomic mass is 32.1. The van der Waals surface area contributed by atoms with Crippen LogP contribution in [0.4, 0.5) is 0 Å². The summed E-state index contributed by atoms with van der Waals surface area (Å²) in [6, 6.07) is 0.120. The summed E-state index contributed by atoms with van der Waals surface area (Å²) in [5.74, 6) is 0.891. The van der Waals surface area contributed by atoms with Crippen LogP contribution in [0, 0.1) is 12.8 Å². The van der Waals surface area contributed by atoms with E-state index in [1.54, 1.807) is 12.6 Å². The molecule has 1 amide bonds. The van der Waals surface area contributed by atoms with Crippen LogP contribution in [0.2, 0.25) is 0 Å². The van der Waals surface area contributed by atoms with E-state index in [2.05, 4.69) is 4.98 Å². The highest BCUT2D eigenvalue weighted by Gasteiger charge is 2.53. The van der Waals surface area contributed by atoms with E-state index in [4.69, 9.17) is 9.47 Å². The van der Waals surface area contributed by atoms with E-state index in [0.717, 1.165) is 55.3 Å².